The van der Waals surface area contributed by atoms with Crippen LogP contribution < -0.4 is 10.1 Å². The molecule has 0 aliphatic heterocycles. The third kappa shape index (κ3) is 4.80. The number of furan rings is 1. The quantitative estimate of drug-likeness (QED) is 0.892. The normalized spacial score (nSPS) is 11.8. The first-order valence-corrected chi connectivity index (χ1v) is 6.97. The zero-order valence-electron chi connectivity index (χ0n) is 12.6. The lowest BCUT2D eigenvalue weighted by Crippen LogP contribution is -2.43. The number of halogens is 1. The molecule has 0 unspecified atom stereocenters. The van der Waals surface area contributed by atoms with Crippen molar-refractivity contribution in [2.75, 3.05) is 13.7 Å². The van der Waals surface area contributed by atoms with Gasteiger partial charge in [-0.05, 0) is 43.3 Å². The van der Waals surface area contributed by atoms with Crippen molar-refractivity contribution in [1.82, 2.24) is 10.2 Å². The standard InChI is InChI=1S/C16H19FN2O3/c1-12(11-22-14-7-5-13(17)6-8-14)18-16(20)19(2)10-15-4-3-9-21-15/h3-9,12H,10-11H2,1-2H3,(H,18,20)/t12-/m0/s1. The first-order valence-electron chi connectivity index (χ1n) is 6.97. The van der Waals surface area contributed by atoms with Crippen LogP contribution in [0.25, 0.3) is 0 Å². The summed E-state index contributed by atoms with van der Waals surface area (Å²) in [5.41, 5.74) is 0. The summed E-state index contributed by atoms with van der Waals surface area (Å²) in [6.45, 7) is 2.53. The molecular weight excluding hydrogens is 287 g/mol. The number of rotatable bonds is 6. The highest BCUT2D eigenvalue weighted by atomic mass is 19.1. The first-order chi connectivity index (χ1) is 10.5. The van der Waals surface area contributed by atoms with Crippen molar-refractivity contribution in [1.29, 1.82) is 0 Å². The Balaban J connectivity index is 1.74. The number of nitrogens with zero attached hydrogens (tertiary/aromatic N) is 1. The maximum atomic E-state index is 12.8. The molecule has 1 aromatic heterocycles. The number of hydrogen-bond acceptors (Lipinski definition) is 3. The fraction of sp³-hybridized carbons (Fsp3) is 0.312. The summed E-state index contributed by atoms with van der Waals surface area (Å²) in [7, 11) is 1.69. The summed E-state index contributed by atoms with van der Waals surface area (Å²) in [6.07, 6.45) is 1.57. The van der Waals surface area contributed by atoms with Crippen molar-refractivity contribution < 1.29 is 18.3 Å². The lowest BCUT2D eigenvalue weighted by molar-refractivity contribution is 0.192. The summed E-state index contributed by atoms with van der Waals surface area (Å²) in [5.74, 6) is 0.965. The minimum absolute atomic E-state index is 0.184. The zero-order valence-corrected chi connectivity index (χ0v) is 12.6. The Morgan fingerprint density at radius 3 is 2.73 bits per heavy atom. The molecule has 0 bridgehead atoms. The predicted octanol–water partition coefficient (Wildman–Crippen LogP) is 3.03. The van der Waals surface area contributed by atoms with Crippen LogP contribution in [0.4, 0.5) is 9.18 Å². The molecule has 1 atom stereocenters. The molecule has 118 valence electrons. The number of carbonyl (C=O) groups is 1. The lowest BCUT2D eigenvalue weighted by atomic mass is 10.3. The average Bonchev–Trinajstić information content (AvgIpc) is 2.99. The van der Waals surface area contributed by atoms with Crippen LogP contribution in [0.1, 0.15) is 12.7 Å². The van der Waals surface area contributed by atoms with Gasteiger partial charge in [0.05, 0.1) is 18.8 Å². The molecule has 2 rings (SSSR count). The van der Waals surface area contributed by atoms with Gasteiger partial charge in [0.1, 0.15) is 23.9 Å². The molecular formula is C16H19FN2O3. The van der Waals surface area contributed by atoms with Crippen molar-refractivity contribution in [2.24, 2.45) is 0 Å². The summed E-state index contributed by atoms with van der Waals surface area (Å²) in [6, 6.07) is 8.94. The Labute approximate surface area is 128 Å². The average molecular weight is 306 g/mol. The third-order valence-corrected chi connectivity index (χ3v) is 3.00. The summed E-state index contributed by atoms with van der Waals surface area (Å²) >= 11 is 0. The minimum atomic E-state index is -0.312. The van der Waals surface area contributed by atoms with Crippen molar-refractivity contribution in [3.8, 4) is 5.75 Å². The Morgan fingerprint density at radius 2 is 2.09 bits per heavy atom. The van der Waals surface area contributed by atoms with Gasteiger partial charge in [0.15, 0.2) is 0 Å². The van der Waals surface area contributed by atoms with Gasteiger partial charge in [0.2, 0.25) is 0 Å². The van der Waals surface area contributed by atoms with Crippen LogP contribution in [0.3, 0.4) is 0 Å². The molecule has 0 saturated heterocycles. The van der Waals surface area contributed by atoms with Crippen molar-refractivity contribution in [3.05, 3.63) is 54.2 Å². The van der Waals surface area contributed by atoms with Gasteiger partial charge in [-0.2, -0.15) is 0 Å². The van der Waals surface area contributed by atoms with Gasteiger partial charge >= 0.3 is 6.03 Å². The SMILES string of the molecule is C[C@@H](COc1ccc(F)cc1)NC(=O)N(C)Cc1ccco1. The Hall–Kier alpha value is -2.50. The van der Waals surface area contributed by atoms with Gasteiger partial charge in [0.25, 0.3) is 0 Å². The van der Waals surface area contributed by atoms with E-state index in [1.54, 1.807) is 31.5 Å². The number of carbonyl (C=O) groups excluding carboxylic acids is 1. The van der Waals surface area contributed by atoms with E-state index in [0.29, 0.717) is 24.7 Å². The predicted molar refractivity (Wildman–Crippen MR) is 80.1 cm³/mol. The molecule has 1 aromatic carbocycles. The second-order valence-corrected chi connectivity index (χ2v) is 5.05. The van der Waals surface area contributed by atoms with E-state index in [2.05, 4.69) is 5.32 Å². The number of urea groups is 1. The maximum absolute atomic E-state index is 12.8. The van der Waals surface area contributed by atoms with Gasteiger partial charge in [-0.15, -0.1) is 0 Å². The van der Waals surface area contributed by atoms with E-state index in [1.807, 2.05) is 13.0 Å². The number of ether oxygens (including phenoxy) is 1. The van der Waals surface area contributed by atoms with Gasteiger partial charge in [-0.25, -0.2) is 9.18 Å². The molecule has 0 spiro atoms. The van der Waals surface area contributed by atoms with Crippen LogP contribution in [0, 0.1) is 5.82 Å². The van der Waals surface area contributed by atoms with Crippen LogP contribution in [0.5, 0.6) is 5.75 Å². The van der Waals surface area contributed by atoms with E-state index < -0.39 is 0 Å². The lowest BCUT2D eigenvalue weighted by Gasteiger charge is -2.20. The van der Waals surface area contributed by atoms with E-state index in [-0.39, 0.29) is 17.9 Å². The topological polar surface area (TPSA) is 54.7 Å². The van der Waals surface area contributed by atoms with Crippen LogP contribution in [-0.4, -0.2) is 30.6 Å². The summed E-state index contributed by atoms with van der Waals surface area (Å²) in [5, 5.41) is 2.82. The fourth-order valence-electron chi connectivity index (χ4n) is 1.82. The third-order valence-electron chi connectivity index (χ3n) is 3.00. The zero-order chi connectivity index (χ0) is 15.9. The van der Waals surface area contributed by atoms with Crippen LogP contribution in [-0.2, 0) is 6.54 Å². The molecule has 0 radical (unpaired) electrons. The highest BCUT2D eigenvalue weighted by Crippen LogP contribution is 2.11. The molecule has 2 amide bonds. The van der Waals surface area contributed by atoms with Crippen molar-refractivity contribution in [3.63, 3.8) is 0 Å². The summed E-state index contributed by atoms with van der Waals surface area (Å²) in [4.78, 5) is 13.5. The van der Waals surface area contributed by atoms with Gasteiger partial charge < -0.3 is 19.4 Å². The molecule has 0 aliphatic rings. The molecule has 2 aromatic rings. The number of nitrogens with one attached hydrogen (secondary N) is 1. The number of amides is 2. The van der Waals surface area contributed by atoms with Crippen LogP contribution in [0.2, 0.25) is 0 Å². The second kappa shape index (κ2) is 7.49. The van der Waals surface area contributed by atoms with Crippen LogP contribution >= 0.6 is 0 Å². The van der Waals surface area contributed by atoms with Crippen molar-refractivity contribution in [2.45, 2.75) is 19.5 Å². The second-order valence-electron chi connectivity index (χ2n) is 5.05. The minimum Gasteiger partial charge on any atom is -0.491 e. The van der Waals surface area contributed by atoms with E-state index >= 15 is 0 Å². The molecule has 6 heteroatoms. The smallest absolute Gasteiger partial charge is 0.317 e. The van der Waals surface area contributed by atoms with Crippen LogP contribution in [0.15, 0.2) is 47.1 Å². The fourth-order valence-corrected chi connectivity index (χ4v) is 1.82. The van der Waals surface area contributed by atoms with Crippen molar-refractivity contribution >= 4 is 6.03 Å². The Kier molecular flexibility index (Phi) is 5.41. The molecule has 0 saturated carbocycles. The number of hydrogen-bond donors (Lipinski definition) is 1. The van der Waals surface area contributed by atoms with Gasteiger partial charge in [-0.1, -0.05) is 0 Å². The Bertz CT molecular complexity index is 584. The summed E-state index contributed by atoms with van der Waals surface area (Å²) < 4.78 is 23.5. The monoisotopic (exact) mass is 306 g/mol. The maximum Gasteiger partial charge on any atom is 0.317 e. The van der Waals surface area contributed by atoms with E-state index in [4.69, 9.17) is 9.15 Å². The first kappa shape index (κ1) is 15.9. The number of benzene rings is 1. The van der Waals surface area contributed by atoms with Gasteiger partial charge in [0, 0.05) is 7.05 Å². The molecule has 22 heavy (non-hydrogen) atoms. The van der Waals surface area contributed by atoms with E-state index in [9.17, 15) is 9.18 Å². The molecule has 5 nitrogen and oxygen atoms in total. The largest absolute Gasteiger partial charge is 0.491 e. The molecule has 1 N–H and O–H groups in total. The molecule has 0 fully saturated rings. The van der Waals surface area contributed by atoms with Gasteiger partial charge in [-0.3, -0.25) is 0 Å². The molecule has 0 aliphatic carbocycles. The van der Waals surface area contributed by atoms with E-state index in [0.717, 1.165) is 0 Å². The highest BCUT2D eigenvalue weighted by Gasteiger charge is 2.13. The Morgan fingerprint density at radius 1 is 1.36 bits per heavy atom. The highest BCUT2D eigenvalue weighted by molar-refractivity contribution is 5.74. The molecule has 1 heterocycles. The van der Waals surface area contributed by atoms with E-state index in [1.165, 1.54) is 17.0 Å².